The minimum Gasteiger partial charge on any atom is -0.327 e. The van der Waals surface area contributed by atoms with Gasteiger partial charge in [0.05, 0.1) is 10.6 Å². The van der Waals surface area contributed by atoms with Crippen LogP contribution in [0.4, 0.5) is 0 Å². The van der Waals surface area contributed by atoms with Crippen molar-refractivity contribution in [1.29, 1.82) is 0 Å². The maximum atomic E-state index is 12.2. The second-order valence-electron chi connectivity index (χ2n) is 4.88. The van der Waals surface area contributed by atoms with Crippen LogP contribution in [-0.2, 0) is 16.3 Å². The van der Waals surface area contributed by atoms with E-state index < -0.39 is 9.84 Å². The van der Waals surface area contributed by atoms with E-state index in [2.05, 4.69) is 0 Å². The second-order valence-corrected chi connectivity index (χ2v) is 6.91. The lowest BCUT2D eigenvalue weighted by Crippen LogP contribution is -2.30. The lowest BCUT2D eigenvalue weighted by atomic mass is 10.1. The van der Waals surface area contributed by atoms with Gasteiger partial charge in [-0.3, -0.25) is 0 Å². The molecule has 4 heteroatoms. The van der Waals surface area contributed by atoms with Crippen molar-refractivity contribution in [2.75, 3.05) is 5.75 Å². The summed E-state index contributed by atoms with van der Waals surface area (Å²) in [6, 6.07) is 18.1. The highest BCUT2D eigenvalue weighted by molar-refractivity contribution is 7.91. The molecule has 0 amide bonds. The molecule has 0 spiro atoms. The maximum Gasteiger partial charge on any atom is 0.179 e. The summed E-state index contributed by atoms with van der Waals surface area (Å²) in [5, 5.41) is 0. The molecule has 1 atom stereocenters. The lowest BCUT2D eigenvalue weighted by molar-refractivity contribution is 0.579. The van der Waals surface area contributed by atoms with Crippen LogP contribution in [0.2, 0.25) is 0 Å². The average molecular weight is 289 g/mol. The number of benzene rings is 2. The van der Waals surface area contributed by atoms with E-state index in [9.17, 15) is 8.42 Å². The molecule has 0 bridgehead atoms. The van der Waals surface area contributed by atoms with E-state index in [0.29, 0.717) is 11.3 Å². The van der Waals surface area contributed by atoms with Gasteiger partial charge in [-0.15, -0.1) is 0 Å². The smallest absolute Gasteiger partial charge is 0.179 e. The molecule has 0 radical (unpaired) electrons. The Hall–Kier alpha value is -1.65. The van der Waals surface area contributed by atoms with E-state index in [1.807, 2.05) is 30.3 Å². The highest BCUT2D eigenvalue weighted by Gasteiger charge is 2.18. The Bertz CT molecular complexity index is 624. The van der Waals surface area contributed by atoms with Crippen molar-refractivity contribution in [1.82, 2.24) is 0 Å². The van der Waals surface area contributed by atoms with E-state index in [0.717, 1.165) is 6.42 Å². The standard InChI is InChI=1S/C16H19NO2S/c17-15(12-11-14-7-3-1-4-8-14)13-20(18,19)16-9-5-2-6-10-16/h1-10,15H,11-13,17H2. The molecule has 0 saturated heterocycles. The van der Waals surface area contributed by atoms with Gasteiger partial charge < -0.3 is 5.73 Å². The molecule has 0 aliphatic heterocycles. The van der Waals surface area contributed by atoms with Crippen LogP contribution < -0.4 is 5.73 Å². The molecule has 0 fully saturated rings. The molecule has 0 aliphatic carbocycles. The van der Waals surface area contributed by atoms with Crippen LogP contribution in [0.15, 0.2) is 65.6 Å². The Labute approximate surface area is 120 Å². The van der Waals surface area contributed by atoms with Crippen LogP contribution in [0.25, 0.3) is 0 Å². The third-order valence-corrected chi connectivity index (χ3v) is 5.04. The van der Waals surface area contributed by atoms with Crippen molar-refractivity contribution >= 4 is 9.84 Å². The molecule has 1 unspecified atom stereocenters. The van der Waals surface area contributed by atoms with Crippen molar-refractivity contribution in [2.45, 2.75) is 23.8 Å². The van der Waals surface area contributed by atoms with Crippen LogP contribution in [0.5, 0.6) is 0 Å². The molecule has 3 nitrogen and oxygen atoms in total. The van der Waals surface area contributed by atoms with Gasteiger partial charge in [-0.1, -0.05) is 48.5 Å². The zero-order chi connectivity index (χ0) is 14.4. The molecule has 2 rings (SSSR count). The predicted molar refractivity (Wildman–Crippen MR) is 81.2 cm³/mol. The average Bonchev–Trinajstić information content (AvgIpc) is 2.47. The third-order valence-electron chi connectivity index (χ3n) is 3.18. The fourth-order valence-corrected chi connectivity index (χ4v) is 3.58. The van der Waals surface area contributed by atoms with Gasteiger partial charge in [0.1, 0.15) is 0 Å². The van der Waals surface area contributed by atoms with Crippen molar-refractivity contribution < 1.29 is 8.42 Å². The Morgan fingerprint density at radius 3 is 2.05 bits per heavy atom. The molecule has 2 aromatic rings. The maximum absolute atomic E-state index is 12.2. The number of hydrogen-bond acceptors (Lipinski definition) is 3. The van der Waals surface area contributed by atoms with Crippen molar-refractivity contribution in [2.24, 2.45) is 5.73 Å². The van der Waals surface area contributed by atoms with Crippen molar-refractivity contribution in [3.63, 3.8) is 0 Å². The van der Waals surface area contributed by atoms with Gasteiger partial charge in [-0.05, 0) is 30.5 Å². The molecular weight excluding hydrogens is 270 g/mol. The molecular formula is C16H19NO2S. The second kappa shape index (κ2) is 6.68. The summed E-state index contributed by atoms with van der Waals surface area (Å²) in [6.45, 7) is 0. The molecule has 0 aliphatic rings. The third kappa shape index (κ3) is 4.18. The summed E-state index contributed by atoms with van der Waals surface area (Å²) in [5.74, 6) is -0.0101. The molecule has 0 heterocycles. The molecule has 0 saturated carbocycles. The summed E-state index contributed by atoms with van der Waals surface area (Å²) in [7, 11) is -3.29. The Balaban J connectivity index is 1.93. The van der Waals surface area contributed by atoms with Gasteiger partial charge >= 0.3 is 0 Å². The predicted octanol–water partition coefficient (Wildman–Crippen LogP) is 2.42. The van der Waals surface area contributed by atoms with Gasteiger partial charge in [0.25, 0.3) is 0 Å². The molecule has 2 aromatic carbocycles. The van der Waals surface area contributed by atoms with Gasteiger partial charge in [0.15, 0.2) is 9.84 Å². The van der Waals surface area contributed by atoms with E-state index >= 15 is 0 Å². The van der Waals surface area contributed by atoms with Gasteiger partial charge in [0.2, 0.25) is 0 Å². The van der Waals surface area contributed by atoms with E-state index in [1.54, 1.807) is 30.3 Å². The van der Waals surface area contributed by atoms with E-state index in [-0.39, 0.29) is 11.8 Å². The highest BCUT2D eigenvalue weighted by Crippen LogP contribution is 2.13. The summed E-state index contributed by atoms with van der Waals surface area (Å²) >= 11 is 0. The first-order chi connectivity index (χ1) is 9.58. The first-order valence-electron chi connectivity index (χ1n) is 6.65. The summed E-state index contributed by atoms with van der Waals surface area (Å²) in [5.41, 5.74) is 7.15. The zero-order valence-corrected chi connectivity index (χ0v) is 12.1. The zero-order valence-electron chi connectivity index (χ0n) is 11.3. The quantitative estimate of drug-likeness (QED) is 0.888. The molecule has 106 valence electrons. The Morgan fingerprint density at radius 1 is 0.900 bits per heavy atom. The Morgan fingerprint density at radius 2 is 1.45 bits per heavy atom. The lowest BCUT2D eigenvalue weighted by Gasteiger charge is -2.12. The van der Waals surface area contributed by atoms with Crippen LogP contribution >= 0.6 is 0 Å². The Kier molecular flexibility index (Phi) is 4.93. The van der Waals surface area contributed by atoms with Gasteiger partial charge in [0, 0.05) is 6.04 Å². The molecule has 2 N–H and O–H groups in total. The topological polar surface area (TPSA) is 60.2 Å². The normalized spacial score (nSPS) is 13.1. The van der Waals surface area contributed by atoms with Crippen molar-refractivity contribution in [3.05, 3.63) is 66.2 Å². The minimum absolute atomic E-state index is 0.0101. The van der Waals surface area contributed by atoms with Crippen LogP contribution in [0.3, 0.4) is 0 Å². The fraction of sp³-hybridized carbons (Fsp3) is 0.250. The van der Waals surface area contributed by atoms with Gasteiger partial charge in [-0.25, -0.2) is 8.42 Å². The largest absolute Gasteiger partial charge is 0.327 e. The van der Waals surface area contributed by atoms with E-state index in [4.69, 9.17) is 5.73 Å². The SMILES string of the molecule is NC(CCc1ccccc1)CS(=O)(=O)c1ccccc1. The number of hydrogen-bond donors (Lipinski definition) is 1. The summed E-state index contributed by atoms with van der Waals surface area (Å²) in [6.07, 6.45) is 1.46. The monoisotopic (exact) mass is 289 g/mol. The summed E-state index contributed by atoms with van der Waals surface area (Å²) < 4.78 is 24.3. The number of sulfone groups is 1. The van der Waals surface area contributed by atoms with Crippen LogP contribution in [0.1, 0.15) is 12.0 Å². The fourth-order valence-electron chi connectivity index (χ4n) is 2.09. The number of rotatable bonds is 6. The first kappa shape index (κ1) is 14.8. The van der Waals surface area contributed by atoms with Crippen LogP contribution in [0, 0.1) is 0 Å². The minimum atomic E-state index is -3.29. The molecule has 0 aromatic heterocycles. The highest BCUT2D eigenvalue weighted by atomic mass is 32.2. The number of aryl methyl sites for hydroxylation is 1. The summed E-state index contributed by atoms with van der Waals surface area (Å²) in [4.78, 5) is 0.343. The van der Waals surface area contributed by atoms with Crippen molar-refractivity contribution in [3.8, 4) is 0 Å². The van der Waals surface area contributed by atoms with Gasteiger partial charge in [-0.2, -0.15) is 0 Å². The first-order valence-corrected chi connectivity index (χ1v) is 8.30. The molecule has 20 heavy (non-hydrogen) atoms. The van der Waals surface area contributed by atoms with Crippen LogP contribution in [-0.4, -0.2) is 20.2 Å². The van der Waals surface area contributed by atoms with E-state index in [1.165, 1.54) is 5.56 Å². The number of nitrogens with two attached hydrogens (primary N) is 1.